The number of nitrogens with zero attached hydrogens (tertiary/aromatic N) is 1. The summed E-state index contributed by atoms with van der Waals surface area (Å²) in [4.78, 5) is 4.57. The van der Waals surface area contributed by atoms with Gasteiger partial charge in [0.1, 0.15) is 23.2 Å². The van der Waals surface area contributed by atoms with Crippen LogP contribution in [0.2, 0.25) is 0 Å². The van der Waals surface area contributed by atoms with Crippen LogP contribution in [-0.4, -0.2) is 39.5 Å². The Morgan fingerprint density at radius 1 is 0.879 bits per heavy atom. The van der Waals surface area contributed by atoms with Crippen molar-refractivity contribution in [1.29, 1.82) is 0 Å². The number of ether oxygens (including phenoxy) is 2. The van der Waals surface area contributed by atoms with Crippen molar-refractivity contribution in [3.63, 3.8) is 0 Å². The zero-order chi connectivity index (χ0) is 23.8. The van der Waals surface area contributed by atoms with Gasteiger partial charge in [0, 0.05) is 11.3 Å². The third-order valence-corrected chi connectivity index (χ3v) is 6.38. The summed E-state index contributed by atoms with van der Waals surface area (Å²) in [7, 11) is -0.457. The van der Waals surface area contributed by atoms with Crippen LogP contribution in [0.3, 0.4) is 0 Å². The van der Waals surface area contributed by atoms with E-state index >= 15 is 0 Å². The molecule has 0 bridgehead atoms. The predicted octanol–water partition coefficient (Wildman–Crippen LogP) is 4.18. The van der Waals surface area contributed by atoms with Gasteiger partial charge in [-0.2, -0.15) is 0 Å². The fraction of sp³-hybridized carbons (Fsp3) is 0.167. The summed E-state index contributed by atoms with van der Waals surface area (Å²) in [6, 6.07) is 21.0. The first-order chi connectivity index (χ1) is 15.8. The fourth-order valence-electron chi connectivity index (χ4n) is 2.87. The molecule has 0 heterocycles. The molecule has 0 spiro atoms. The minimum atomic E-state index is -3.63. The Hall–Kier alpha value is -3.43. The van der Waals surface area contributed by atoms with E-state index in [2.05, 4.69) is 15.6 Å². The first-order valence-corrected chi connectivity index (χ1v) is 12.1. The van der Waals surface area contributed by atoms with Gasteiger partial charge in [-0.3, -0.25) is 4.99 Å². The highest BCUT2D eigenvalue weighted by Gasteiger charge is 2.15. The van der Waals surface area contributed by atoms with E-state index in [1.807, 2.05) is 19.1 Å². The molecule has 0 unspecified atom stereocenters. The lowest BCUT2D eigenvalue weighted by Gasteiger charge is -2.14. The maximum Gasteiger partial charge on any atom is 0.198 e. The van der Waals surface area contributed by atoms with Crippen molar-refractivity contribution in [2.45, 2.75) is 11.8 Å². The number of aliphatic imine (C=N–C) groups is 1. The van der Waals surface area contributed by atoms with Crippen molar-refractivity contribution in [3.8, 4) is 11.5 Å². The third kappa shape index (κ3) is 6.77. The average molecular weight is 484 g/mol. The van der Waals surface area contributed by atoms with Crippen molar-refractivity contribution in [3.05, 3.63) is 83.9 Å². The summed E-state index contributed by atoms with van der Waals surface area (Å²) in [5.74, 6) is 1.28. The van der Waals surface area contributed by atoms with Gasteiger partial charge in [0.2, 0.25) is 0 Å². The molecule has 0 fully saturated rings. The lowest BCUT2D eigenvalue weighted by molar-refractivity contribution is 0.414. The summed E-state index contributed by atoms with van der Waals surface area (Å²) in [5.41, 5.74) is 2.39. The molecule has 2 N–H and O–H groups in total. The Labute approximate surface area is 199 Å². The zero-order valence-corrected chi connectivity index (χ0v) is 20.2. The van der Waals surface area contributed by atoms with Crippen LogP contribution >= 0.6 is 12.2 Å². The van der Waals surface area contributed by atoms with E-state index in [9.17, 15) is 8.42 Å². The second-order valence-electron chi connectivity index (χ2n) is 7.10. The number of nitrogens with one attached hydrogen (secondary N) is 2. The minimum absolute atomic E-state index is 0.213. The number of hydrogen-bond donors (Lipinski definition) is 2. The van der Waals surface area contributed by atoms with Gasteiger partial charge < -0.3 is 20.1 Å². The molecule has 172 valence electrons. The van der Waals surface area contributed by atoms with Crippen LogP contribution in [0.15, 0.2) is 82.7 Å². The molecular weight excluding hydrogens is 458 g/mol. The Morgan fingerprint density at radius 2 is 1.42 bits per heavy atom. The van der Waals surface area contributed by atoms with Crippen LogP contribution in [-0.2, 0) is 9.84 Å². The summed E-state index contributed by atoms with van der Waals surface area (Å²) in [5, 5.41) is 6.34. The molecule has 0 atom stereocenters. The molecule has 3 aromatic carbocycles. The van der Waals surface area contributed by atoms with Gasteiger partial charge in [0.15, 0.2) is 14.9 Å². The number of aryl methyl sites for hydroxylation is 1. The smallest absolute Gasteiger partial charge is 0.198 e. The molecule has 0 amide bonds. The normalized spacial score (nSPS) is 11.5. The number of amidine groups is 1. The quantitative estimate of drug-likeness (QED) is 0.296. The summed E-state index contributed by atoms with van der Waals surface area (Å²) >= 11 is 5.43. The molecule has 0 saturated heterocycles. The van der Waals surface area contributed by atoms with E-state index in [1.54, 1.807) is 74.9 Å². The fourth-order valence-corrected chi connectivity index (χ4v) is 4.08. The predicted molar refractivity (Wildman–Crippen MR) is 135 cm³/mol. The van der Waals surface area contributed by atoms with Gasteiger partial charge in [-0.1, -0.05) is 17.7 Å². The Kier molecular flexibility index (Phi) is 8.02. The molecule has 3 rings (SSSR count). The largest absolute Gasteiger partial charge is 0.497 e. The van der Waals surface area contributed by atoms with Gasteiger partial charge in [-0.25, -0.2) is 8.42 Å². The van der Waals surface area contributed by atoms with Crippen molar-refractivity contribution < 1.29 is 17.9 Å². The topological polar surface area (TPSA) is 89.0 Å². The summed E-state index contributed by atoms with van der Waals surface area (Å²) < 4.78 is 36.0. The number of sulfone groups is 1. The first kappa shape index (κ1) is 24.2. The molecule has 0 aliphatic heterocycles. The number of thiocarbonyl (C=S) groups is 1. The highest BCUT2D eigenvalue weighted by Crippen LogP contribution is 2.16. The molecule has 0 saturated carbocycles. The third-order valence-electron chi connectivity index (χ3n) is 4.72. The van der Waals surface area contributed by atoms with Crippen LogP contribution in [0.25, 0.3) is 0 Å². The average Bonchev–Trinajstić information content (AvgIpc) is 2.82. The monoisotopic (exact) mass is 483 g/mol. The van der Waals surface area contributed by atoms with E-state index < -0.39 is 15.7 Å². The second kappa shape index (κ2) is 10.9. The number of rotatable bonds is 7. The lowest BCUT2D eigenvalue weighted by Crippen LogP contribution is -2.35. The van der Waals surface area contributed by atoms with Crippen LogP contribution in [0, 0.1) is 6.92 Å². The molecule has 0 aliphatic carbocycles. The highest BCUT2D eigenvalue weighted by atomic mass is 32.2. The summed E-state index contributed by atoms with van der Waals surface area (Å²) in [6.07, 6.45) is 0. The van der Waals surface area contributed by atoms with Gasteiger partial charge in [-0.05, 0) is 79.8 Å². The van der Waals surface area contributed by atoms with Gasteiger partial charge in [0.05, 0.1) is 19.1 Å². The van der Waals surface area contributed by atoms with Crippen LogP contribution < -0.4 is 20.1 Å². The number of anilines is 1. The maximum atomic E-state index is 12.8. The first-order valence-electron chi connectivity index (χ1n) is 10.0. The molecule has 0 aliphatic rings. The Bertz CT molecular complexity index is 1220. The van der Waals surface area contributed by atoms with E-state index in [0.717, 1.165) is 17.0 Å². The Morgan fingerprint density at radius 3 is 1.97 bits per heavy atom. The van der Waals surface area contributed by atoms with Crippen molar-refractivity contribution >= 4 is 38.7 Å². The van der Waals surface area contributed by atoms with Crippen LogP contribution in [0.4, 0.5) is 5.69 Å². The molecule has 0 aromatic heterocycles. The van der Waals surface area contributed by atoms with E-state index in [0.29, 0.717) is 17.1 Å². The number of hydrogen-bond acceptors (Lipinski definition) is 6. The molecule has 9 heteroatoms. The van der Waals surface area contributed by atoms with E-state index in [-0.39, 0.29) is 10.0 Å². The molecule has 3 aromatic rings. The highest BCUT2D eigenvalue weighted by molar-refractivity contribution is 7.91. The minimum Gasteiger partial charge on any atom is -0.497 e. The number of benzene rings is 3. The Balaban J connectivity index is 1.83. The van der Waals surface area contributed by atoms with Crippen LogP contribution in [0.1, 0.15) is 11.1 Å². The van der Waals surface area contributed by atoms with E-state index in [1.165, 1.54) is 0 Å². The van der Waals surface area contributed by atoms with Crippen molar-refractivity contribution in [2.75, 3.05) is 25.4 Å². The lowest BCUT2D eigenvalue weighted by atomic mass is 10.2. The van der Waals surface area contributed by atoms with Crippen molar-refractivity contribution in [2.24, 2.45) is 4.99 Å². The van der Waals surface area contributed by atoms with E-state index in [4.69, 9.17) is 21.7 Å². The number of methoxy groups -OCH3 is 2. The summed E-state index contributed by atoms with van der Waals surface area (Å²) in [6.45, 7) is 1.90. The standard InChI is InChI=1S/C24H25N3O4S2/c1-17-4-14-22(15-5-17)33(28,29)16-25-23(18-6-10-20(30-2)11-7-18)27-24(32)26-19-8-12-21(31-3)13-9-19/h4-15H,16H2,1-3H3,(H2,25,26,27,32). The molecule has 7 nitrogen and oxygen atoms in total. The van der Waals surface area contributed by atoms with Crippen molar-refractivity contribution in [1.82, 2.24) is 5.32 Å². The van der Waals surface area contributed by atoms with Gasteiger partial charge >= 0.3 is 0 Å². The van der Waals surface area contributed by atoms with Crippen LogP contribution in [0.5, 0.6) is 11.5 Å². The van der Waals surface area contributed by atoms with Gasteiger partial charge in [0.25, 0.3) is 0 Å². The van der Waals surface area contributed by atoms with Gasteiger partial charge in [-0.15, -0.1) is 0 Å². The maximum absolute atomic E-state index is 12.8. The molecular formula is C24H25N3O4S2. The molecule has 0 radical (unpaired) electrons. The molecule has 33 heavy (non-hydrogen) atoms. The second-order valence-corrected chi connectivity index (χ2v) is 9.47. The zero-order valence-electron chi connectivity index (χ0n) is 18.5. The SMILES string of the molecule is COc1ccc(NC(=S)NC(=NCS(=O)(=O)c2ccc(C)cc2)c2ccc(OC)cc2)cc1.